The maximum atomic E-state index is 13.2. The topological polar surface area (TPSA) is 50.6 Å². The van der Waals surface area contributed by atoms with Gasteiger partial charge in [-0.15, -0.1) is 0 Å². The molecule has 0 spiro atoms. The molecule has 33 heavy (non-hydrogen) atoms. The Balaban J connectivity index is 1.19. The number of carbonyl (C=O) groups is 1. The van der Waals surface area contributed by atoms with E-state index in [-0.39, 0.29) is 5.91 Å². The highest BCUT2D eigenvalue weighted by atomic mass is 16.5. The van der Waals surface area contributed by atoms with Crippen molar-refractivity contribution < 1.29 is 9.53 Å². The third kappa shape index (κ3) is 5.02. The van der Waals surface area contributed by atoms with Crippen molar-refractivity contribution in [3.8, 4) is 0 Å². The quantitative estimate of drug-likeness (QED) is 0.516. The Labute approximate surface area is 195 Å². The molecule has 0 saturated carbocycles. The average molecular weight is 445 g/mol. The summed E-state index contributed by atoms with van der Waals surface area (Å²) >= 11 is 0. The van der Waals surface area contributed by atoms with Crippen LogP contribution in [0.5, 0.6) is 0 Å². The Morgan fingerprint density at radius 3 is 2.45 bits per heavy atom. The number of nitrogens with zero attached hydrogens (tertiary/aromatic N) is 4. The molecule has 0 unspecified atom stereocenters. The van der Waals surface area contributed by atoms with Crippen molar-refractivity contribution in [3.05, 3.63) is 72.1 Å². The molecule has 1 amide bonds. The molecule has 2 aliphatic heterocycles. The van der Waals surface area contributed by atoms with E-state index in [4.69, 9.17) is 9.72 Å². The van der Waals surface area contributed by atoms with Crippen molar-refractivity contribution in [2.24, 2.45) is 0 Å². The van der Waals surface area contributed by atoms with E-state index in [1.807, 2.05) is 23.1 Å². The van der Waals surface area contributed by atoms with Crippen LogP contribution in [0, 0.1) is 0 Å². The number of aromatic nitrogens is 2. The fourth-order valence-corrected chi connectivity index (χ4v) is 4.81. The maximum absolute atomic E-state index is 13.2. The first kappa shape index (κ1) is 21.9. The summed E-state index contributed by atoms with van der Waals surface area (Å²) in [5.41, 5.74) is 4.75. The van der Waals surface area contributed by atoms with Crippen LogP contribution in [-0.2, 0) is 11.3 Å². The van der Waals surface area contributed by atoms with Gasteiger partial charge >= 0.3 is 0 Å². The third-order valence-corrected chi connectivity index (χ3v) is 6.69. The van der Waals surface area contributed by atoms with E-state index in [1.54, 1.807) is 0 Å². The molecule has 1 saturated heterocycles. The van der Waals surface area contributed by atoms with Crippen molar-refractivity contribution in [3.63, 3.8) is 0 Å². The first-order valence-corrected chi connectivity index (χ1v) is 12.1. The van der Waals surface area contributed by atoms with Gasteiger partial charge in [0, 0.05) is 32.7 Å². The predicted molar refractivity (Wildman–Crippen MR) is 131 cm³/mol. The fourth-order valence-electron chi connectivity index (χ4n) is 4.81. The summed E-state index contributed by atoms with van der Waals surface area (Å²) in [6, 6.07) is 18.8. The van der Waals surface area contributed by atoms with E-state index in [1.165, 1.54) is 11.1 Å². The molecule has 3 heterocycles. The largest absolute Gasteiger partial charge is 0.378 e. The number of hydrogen-bond acceptors (Lipinski definition) is 4. The van der Waals surface area contributed by atoms with Crippen molar-refractivity contribution in [1.82, 2.24) is 19.4 Å². The van der Waals surface area contributed by atoms with Gasteiger partial charge in [0.25, 0.3) is 5.91 Å². The first-order chi connectivity index (χ1) is 16.3. The number of para-hydroxylation sites is 2. The Hall–Kier alpha value is -2.96. The molecule has 2 aromatic carbocycles. The van der Waals surface area contributed by atoms with E-state index >= 15 is 0 Å². The number of ether oxygens (including phenoxy) is 1. The molecular formula is C27H32N4O2. The Morgan fingerprint density at radius 1 is 0.909 bits per heavy atom. The first-order valence-electron chi connectivity index (χ1n) is 12.1. The SMILES string of the molecule is O=C(c1nc2ccccc2n1CCCCN1CC=C(c2ccccc2)CC1)N1CCOCC1. The van der Waals surface area contributed by atoms with E-state index in [9.17, 15) is 4.79 Å². The molecule has 0 bridgehead atoms. The van der Waals surface area contributed by atoms with Crippen LogP contribution in [0.4, 0.5) is 0 Å². The normalized spacial score (nSPS) is 17.3. The number of morpholine rings is 1. The van der Waals surface area contributed by atoms with Gasteiger partial charge in [0.15, 0.2) is 5.82 Å². The molecule has 172 valence electrons. The van der Waals surface area contributed by atoms with E-state index < -0.39 is 0 Å². The zero-order valence-corrected chi connectivity index (χ0v) is 19.2. The lowest BCUT2D eigenvalue weighted by atomic mass is 9.99. The second-order valence-electron chi connectivity index (χ2n) is 8.83. The molecule has 0 atom stereocenters. The van der Waals surface area contributed by atoms with Crippen molar-refractivity contribution >= 4 is 22.5 Å². The summed E-state index contributed by atoms with van der Waals surface area (Å²) in [7, 11) is 0. The number of imidazole rings is 1. The highest BCUT2D eigenvalue weighted by Crippen LogP contribution is 2.23. The molecule has 5 rings (SSSR count). The number of amides is 1. The van der Waals surface area contributed by atoms with Crippen LogP contribution in [-0.4, -0.2) is 71.2 Å². The van der Waals surface area contributed by atoms with Gasteiger partial charge in [0.05, 0.1) is 24.2 Å². The van der Waals surface area contributed by atoms with Crippen LogP contribution in [0.1, 0.15) is 35.4 Å². The number of carbonyl (C=O) groups excluding carboxylic acids is 1. The number of rotatable bonds is 7. The fraction of sp³-hybridized carbons (Fsp3) is 0.407. The Morgan fingerprint density at radius 2 is 1.67 bits per heavy atom. The molecule has 6 heteroatoms. The summed E-state index contributed by atoms with van der Waals surface area (Å²) in [5, 5.41) is 0. The lowest BCUT2D eigenvalue weighted by Gasteiger charge is -2.27. The summed E-state index contributed by atoms with van der Waals surface area (Å²) in [6.45, 7) is 6.48. The van der Waals surface area contributed by atoms with Gasteiger partial charge in [-0.3, -0.25) is 9.69 Å². The average Bonchev–Trinajstić information content (AvgIpc) is 3.26. The van der Waals surface area contributed by atoms with Crippen LogP contribution in [0.2, 0.25) is 0 Å². The van der Waals surface area contributed by atoms with Crippen molar-refractivity contribution in [2.45, 2.75) is 25.8 Å². The smallest absolute Gasteiger partial charge is 0.290 e. The number of fused-ring (bicyclic) bond motifs is 1. The molecule has 1 fully saturated rings. The Kier molecular flexibility index (Phi) is 6.84. The summed E-state index contributed by atoms with van der Waals surface area (Å²) in [6.07, 6.45) is 5.61. The van der Waals surface area contributed by atoms with E-state index in [0.29, 0.717) is 32.1 Å². The molecule has 0 aliphatic carbocycles. The van der Waals surface area contributed by atoms with Crippen LogP contribution in [0.25, 0.3) is 16.6 Å². The second-order valence-corrected chi connectivity index (χ2v) is 8.83. The van der Waals surface area contributed by atoms with Crippen LogP contribution >= 0.6 is 0 Å². The summed E-state index contributed by atoms with van der Waals surface area (Å²) in [5.74, 6) is 0.579. The minimum Gasteiger partial charge on any atom is -0.378 e. The van der Waals surface area contributed by atoms with Gasteiger partial charge in [0.1, 0.15) is 0 Å². The zero-order chi connectivity index (χ0) is 22.5. The third-order valence-electron chi connectivity index (χ3n) is 6.69. The van der Waals surface area contributed by atoms with Gasteiger partial charge in [-0.1, -0.05) is 48.5 Å². The molecule has 1 aromatic heterocycles. The van der Waals surface area contributed by atoms with Crippen LogP contribution in [0.3, 0.4) is 0 Å². The number of hydrogen-bond donors (Lipinski definition) is 0. The minimum absolute atomic E-state index is 0.0177. The number of unbranched alkanes of at least 4 members (excludes halogenated alkanes) is 1. The molecule has 3 aromatic rings. The summed E-state index contributed by atoms with van der Waals surface area (Å²) in [4.78, 5) is 22.3. The van der Waals surface area contributed by atoms with Crippen molar-refractivity contribution in [2.75, 3.05) is 45.9 Å². The second kappa shape index (κ2) is 10.3. The van der Waals surface area contributed by atoms with Crippen molar-refractivity contribution in [1.29, 1.82) is 0 Å². The lowest BCUT2D eigenvalue weighted by molar-refractivity contribution is 0.0292. The highest BCUT2D eigenvalue weighted by molar-refractivity contribution is 5.95. The molecule has 0 N–H and O–H groups in total. The standard InChI is InChI=1S/C27H32N4O2/c32-27(30-18-20-33-21-19-30)26-28-24-10-4-5-11-25(24)31(26)15-7-6-14-29-16-12-23(13-17-29)22-8-2-1-3-9-22/h1-5,8-12H,6-7,13-21H2. The number of benzene rings is 2. The molecule has 2 aliphatic rings. The van der Waals surface area contributed by atoms with E-state index in [2.05, 4.69) is 51.9 Å². The highest BCUT2D eigenvalue weighted by Gasteiger charge is 2.24. The zero-order valence-electron chi connectivity index (χ0n) is 19.2. The number of aryl methyl sites for hydroxylation is 1. The van der Waals surface area contributed by atoms with Gasteiger partial charge in [-0.05, 0) is 49.1 Å². The minimum atomic E-state index is 0.0177. The van der Waals surface area contributed by atoms with Gasteiger partial charge in [-0.2, -0.15) is 0 Å². The van der Waals surface area contributed by atoms with Crippen LogP contribution < -0.4 is 0 Å². The predicted octanol–water partition coefficient (Wildman–Crippen LogP) is 4.08. The van der Waals surface area contributed by atoms with E-state index in [0.717, 1.165) is 56.5 Å². The van der Waals surface area contributed by atoms with Gasteiger partial charge in [-0.25, -0.2) is 4.98 Å². The molecular weight excluding hydrogens is 412 g/mol. The monoisotopic (exact) mass is 444 g/mol. The maximum Gasteiger partial charge on any atom is 0.290 e. The Bertz CT molecular complexity index is 1120. The molecule has 6 nitrogen and oxygen atoms in total. The summed E-state index contributed by atoms with van der Waals surface area (Å²) < 4.78 is 7.54. The van der Waals surface area contributed by atoms with Gasteiger partial charge in [0.2, 0.25) is 0 Å². The molecule has 0 radical (unpaired) electrons. The van der Waals surface area contributed by atoms with Crippen LogP contribution in [0.15, 0.2) is 60.7 Å². The van der Waals surface area contributed by atoms with Gasteiger partial charge < -0.3 is 14.2 Å². The lowest BCUT2D eigenvalue weighted by Crippen LogP contribution is -2.41.